The Hall–Kier alpha value is -1.32. The van der Waals surface area contributed by atoms with E-state index in [9.17, 15) is 4.79 Å². The van der Waals surface area contributed by atoms with Crippen molar-refractivity contribution in [2.45, 2.75) is 32.6 Å². The fourth-order valence-corrected chi connectivity index (χ4v) is 1.69. The van der Waals surface area contributed by atoms with Crippen molar-refractivity contribution in [3.05, 3.63) is 21.6 Å². The summed E-state index contributed by atoms with van der Waals surface area (Å²) >= 11 is 0. The number of aromatic amines is 1. The second kappa shape index (κ2) is 3.44. The van der Waals surface area contributed by atoms with E-state index in [4.69, 9.17) is 4.74 Å². The highest BCUT2D eigenvalue weighted by molar-refractivity contribution is 5.37. The zero-order chi connectivity index (χ0) is 10.1. The predicted octanol–water partition coefficient (Wildman–Crippen LogP) is 1.22. The van der Waals surface area contributed by atoms with Crippen LogP contribution in [0.3, 0.4) is 0 Å². The molecular formula is C10H14N2O2. The first-order valence-corrected chi connectivity index (χ1v) is 4.94. The number of hydrogen-bond donors (Lipinski definition) is 1. The number of aromatic nitrogens is 2. The lowest BCUT2D eigenvalue weighted by Gasteiger charge is -2.19. The van der Waals surface area contributed by atoms with Gasteiger partial charge in [-0.2, -0.15) is 5.10 Å². The average Bonchev–Trinajstić information content (AvgIpc) is 2.18. The maximum atomic E-state index is 11.4. The summed E-state index contributed by atoms with van der Waals surface area (Å²) in [5.74, 6) is 0.994. The first-order chi connectivity index (χ1) is 6.70. The Kier molecular flexibility index (Phi) is 2.27. The van der Waals surface area contributed by atoms with Gasteiger partial charge >= 0.3 is 0 Å². The number of ether oxygens (including phenoxy) is 1. The summed E-state index contributed by atoms with van der Waals surface area (Å²) in [5, 5.41) is 6.55. The number of hydrogen-bond acceptors (Lipinski definition) is 3. The molecule has 0 radical (unpaired) electrons. The average molecular weight is 194 g/mol. The molecular weight excluding hydrogens is 180 g/mol. The molecule has 0 saturated carbocycles. The van der Waals surface area contributed by atoms with E-state index >= 15 is 0 Å². The lowest BCUT2D eigenvalue weighted by atomic mass is 10.0. The molecule has 0 fully saturated rings. The highest BCUT2D eigenvalue weighted by Gasteiger charge is 2.20. The van der Waals surface area contributed by atoms with Crippen molar-refractivity contribution in [1.29, 1.82) is 0 Å². The van der Waals surface area contributed by atoms with Crippen LogP contribution in [0.25, 0.3) is 0 Å². The molecule has 0 atom stereocenters. The van der Waals surface area contributed by atoms with Gasteiger partial charge < -0.3 is 4.74 Å². The summed E-state index contributed by atoms with van der Waals surface area (Å²) < 4.78 is 5.51. The van der Waals surface area contributed by atoms with Gasteiger partial charge in [-0.25, -0.2) is 5.10 Å². The quantitative estimate of drug-likeness (QED) is 0.731. The standard InChI is InChI=1S/C10H14N2O2/c1-6(2)8-9-7(4-3-5-14-9)10(13)12-11-8/h6H,3-5H2,1-2H3,(H,12,13). The van der Waals surface area contributed by atoms with Crippen molar-refractivity contribution in [1.82, 2.24) is 10.2 Å². The van der Waals surface area contributed by atoms with Crippen molar-refractivity contribution < 1.29 is 4.74 Å². The number of nitrogens with one attached hydrogen (secondary N) is 1. The van der Waals surface area contributed by atoms with Crippen LogP contribution in [0.15, 0.2) is 4.79 Å². The molecule has 4 nitrogen and oxygen atoms in total. The SMILES string of the molecule is CC(C)c1n[nH]c(=O)c2c1OCCC2. The molecule has 76 valence electrons. The van der Waals surface area contributed by atoms with Crippen LogP contribution in [-0.4, -0.2) is 16.8 Å². The lowest BCUT2D eigenvalue weighted by Crippen LogP contribution is -2.23. The third-order valence-corrected chi connectivity index (χ3v) is 2.42. The molecule has 1 aliphatic rings. The molecule has 1 aliphatic heterocycles. The Bertz CT molecular complexity index is 396. The van der Waals surface area contributed by atoms with Crippen LogP contribution in [-0.2, 0) is 6.42 Å². The van der Waals surface area contributed by atoms with E-state index in [1.54, 1.807) is 0 Å². The number of nitrogens with zero attached hydrogens (tertiary/aromatic N) is 1. The van der Waals surface area contributed by atoms with Crippen LogP contribution in [0.5, 0.6) is 5.75 Å². The van der Waals surface area contributed by atoms with Crippen LogP contribution in [0, 0.1) is 0 Å². The lowest BCUT2D eigenvalue weighted by molar-refractivity contribution is 0.279. The van der Waals surface area contributed by atoms with Crippen molar-refractivity contribution in [3.8, 4) is 5.75 Å². The first-order valence-electron chi connectivity index (χ1n) is 4.94. The molecule has 0 unspecified atom stereocenters. The number of fused-ring (bicyclic) bond motifs is 1. The van der Waals surface area contributed by atoms with E-state index in [1.165, 1.54) is 0 Å². The Balaban J connectivity index is 2.59. The second-order valence-electron chi connectivity index (χ2n) is 3.85. The fraction of sp³-hybridized carbons (Fsp3) is 0.600. The normalized spacial score (nSPS) is 15.1. The zero-order valence-corrected chi connectivity index (χ0v) is 8.46. The summed E-state index contributed by atoms with van der Waals surface area (Å²) in [4.78, 5) is 11.4. The zero-order valence-electron chi connectivity index (χ0n) is 8.46. The van der Waals surface area contributed by atoms with E-state index in [-0.39, 0.29) is 11.5 Å². The molecule has 2 heterocycles. The maximum Gasteiger partial charge on any atom is 0.271 e. The number of rotatable bonds is 1. The van der Waals surface area contributed by atoms with Gasteiger partial charge in [0.25, 0.3) is 5.56 Å². The summed E-state index contributed by atoms with van der Waals surface area (Å²) in [7, 11) is 0. The van der Waals surface area contributed by atoms with Crippen molar-refractivity contribution in [3.63, 3.8) is 0 Å². The third-order valence-electron chi connectivity index (χ3n) is 2.42. The van der Waals surface area contributed by atoms with Gasteiger partial charge in [0.1, 0.15) is 5.69 Å². The van der Waals surface area contributed by atoms with Gasteiger partial charge in [0.2, 0.25) is 0 Å². The maximum absolute atomic E-state index is 11.4. The molecule has 0 aromatic carbocycles. The summed E-state index contributed by atoms with van der Waals surface area (Å²) in [6.45, 7) is 4.77. The van der Waals surface area contributed by atoms with Crippen LogP contribution in [0.4, 0.5) is 0 Å². The van der Waals surface area contributed by atoms with Gasteiger partial charge in [-0.1, -0.05) is 13.8 Å². The Morgan fingerprint density at radius 3 is 3.00 bits per heavy atom. The molecule has 1 N–H and O–H groups in total. The van der Waals surface area contributed by atoms with Crippen molar-refractivity contribution in [2.24, 2.45) is 0 Å². The van der Waals surface area contributed by atoms with E-state index in [1.807, 2.05) is 13.8 Å². The van der Waals surface area contributed by atoms with Crippen LogP contribution >= 0.6 is 0 Å². The molecule has 0 amide bonds. The highest BCUT2D eigenvalue weighted by atomic mass is 16.5. The molecule has 4 heteroatoms. The molecule has 0 spiro atoms. The Morgan fingerprint density at radius 2 is 2.29 bits per heavy atom. The van der Waals surface area contributed by atoms with Gasteiger partial charge in [-0.15, -0.1) is 0 Å². The van der Waals surface area contributed by atoms with Gasteiger partial charge in [-0.3, -0.25) is 4.79 Å². The first kappa shape index (κ1) is 9.24. The van der Waals surface area contributed by atoms with Gasteiger partial charge in [0.15, 0.2) is 5.75 Å². The second-order valence-corrected chi connectivity index (χ2v) is 3.85. The summed E-state index contributed by atoms with van der Waals surface area (Å²) in [6, 6.07) is 0. The molecule has 0 aliphatic carbocycles. The van der Waals surface area contributed by atoms with Crippen molar-refractivity contribution >= 4 is 0 Å². The smallest absolute Gasteiger partial charge is 0.271 e. The van der Waals surface area contributed by atoms with Gasteiger partial charge in [0.05, 0.1) is 12.2 Å². The molecule has 0 saturated heterocycles. The van der Waals surface area contributed by atoms with Gasteiger partial charge in [0, 0.05) is 5.92 Å². The largest absolute Gasteiger partial charge is 0.491 e. The summed E-state index contributed by atoms with van der Waals surface area (Å²) in [6.07, 6.45) is 1.71. The topological polar surface area (TPSA) is 55.0 Å². The Labute approximate surface area is 82.3 Å². The molecule has 1 aromatic heterocycles. The van der Waals surface area contributed by atoms with E-state index < -0.39 is 0 Å². The fourth-order valence-electron chi connectivity index (χ4n) is 1.69. The molecule has 0 bridgehead atoms. The van der Waals surface area contributed by atoms with Gasteiger partial charge in [-0.05, 0) is 12.8 Å². The Morgan fingerprint density at radius 1 is 1.50 bits per heavy atom. The van der Waals surface area contributed by atoms with Crippen LogP contribution in [0.2, 0.25) is 0 Å². The minimum absolute atomic E-state index is 0.107. The predicted molar refractivity (Wildman–Crippen MR) is 52.8 cm³/mol. The van der Waals surface area contributed by atoms with Crippen molar-refractivity contribution in [2.75, 3.05) is 6.61 Å². The molecule has 14 heavy (non-hydrogen) atoms. The monoisotopic (exact) mass is 194 g/mol. The van der Waals surface area contributed by atoms with Crippen LogP contribution < -0.4 is 10.3 Å². The minimum Gasteiger partial charge on any atom is -0.491 e. The minimum atomic E-state index is -0.107. The summed E-state index contributed by atoms with van der Waals surface area (Å²) in [5.41, 5.74) is 1.51. The van der Waals surface area contributed by atoms with E-state index in [0.717, 1.165) is 29.8 Å². The van der Waals surface area contributed by atoms with Crippen LogP contribution in [0.1, 0.15) is 37.4 Å². The number of H-pyrrole nitrogens is 1. The van der Waals surface area contributed by atoms with E-state index in [0.29, 0.717) is 6.61 Å². The third kappa shape index (κ3) is 1.41. The van der Waals surface area contributed by atoms with E-state index in [2.05, 4.69) is 10.2 Å². The highest BCUT2D eigenvalue weighted by Crippen LogP contribution is 2.28. The molecule has 2 rings (SSSR count). The molecule has 1 aromatic rings.